The van der Waals surface area contributed by atoms with Crippen LogP contribution in [0.25, 0.3) is 0 Å². The van der Waals surface area contributed by atoms with Gasteiger partial charge in [0.25, 0.3) is 21.6 Å². The maximum Gasteiger partial charge on any atom is 0.282 e. The number of hydrogen-bond donors (Lipinski definition) is 4. The molecule has 0 fully saturated rings. The number of carbonyl (C=O) groups excluding carboxylic acids is 2. The molecule has 2 amide bonds. The van der Waals surface area contributed by atoms with Crippen LogP contribution in [0.4, 0.5) is 28.4 Å². The molecule has 0 unspecified atom stereocenters. The van der Waals surface area contributed by atoms with Gasteiger partial charge in [-0.1, -0.05) is 44.0 Å². The number of hydrogen-bond acceptors (Lipinski definition) is 8. The van der Waals surface area contributed by atoms with E-state index in [2.05, 4.69) is 10.6 Å². The van der Waals surface area contributed by atoms with Gasteiger partial charge in [-0.2, -0.15) is 0 Å². The Kier molecular flexibility index (Phi) is 8.80. The van der Waals surface area contributed by atoms with Gasteiger partial charge in [-0.05, 0) is 42.8 Å². The zero-order valence-electron chi connectivity index (χ0n) is 20.1. The molecular weight excluding hydrogens is 498 g/mol. The number of nitrogens with one attached hydrogen (secondary N) is 3. The van der Waals surface area contributed by atoms with Crippen molar-refractivity contribution in [2.24, 2.45) is 0 Å². The molecule has 12 heteroatoms. The molecule has 0 aromatic heterocycles. The lowest BCUT2D eigenvalue weighted by atomic mass is 10.1. The minimum Gasteiger partial charge on any atom is -0.397 e. The standard InChI is InChI=1S/C25H27N5O6S/c1-2-3-4-13-24(31)29-37(35,36)23-12-8-7-11-21(23)28-25(32)18-16-17(14-15-22(18)30(33)34)27-20-10-6-5-9-19(20)26/h5-12,14-16,27H,2-4,13,26H2,1H3,(H,28,32)(H,29,31). The SMILES string of the molecule is CCCCCC(=O)NS(=O)(=O)c1ccccc1NC(=O)c1cc(Nc2ccccc2N)ccc1[N+](=O)[O-]. The Morgan fingerprint density at radius 2 is 1.65 bits per heavy atom. The molecule has 0 saturated carbocycles. The number of carbonyl (C=O) groups is 2. The van der Waals surface area contributed by atoms with E-state index in [1.54, 1.807) is 24.3 Å². The predicted molar refractivity (Wildman–Crippen MR) is 141 cm³/mol. The number of anilines is 4. The Balaban J connectivity index is 1.89. The maximum absolute atomic E-state index is 13.1. The predicted octanol–water partition coefficient (Wildman–Crippen LogP) is 4.56. The Morgan fingerprint density at radius 3 is 2.32 bits per heavy atom. The average Bonchev–Trinajstić information content (AvgIpc) is 2.85. The van der Waals surface area contributed by atoms with E-state index in [-0.39, 0.29) is 22.6 Å². The third-order valence-electron chi connectivity index (χ3n) is 5.36. The minimum absolute atomic E-state index is 0.0412. The number of amides is 2. The van der Waals surface area contributed by atoms with E-state index in [1.165, 1.54) is 36.4 Å². The summed E-state index contributed by atoms with van der Waals surface area (Å²) in [4.78, 5) is 35.8. The van der Waals surface area contributed by atoms with Crippen molar-refractivity contribution in [1.29, 1.82) is 0 Å². The number of unbranched alkanes of at least 4 members (excludes halogenated alkanes) is 2. The molecule has 0 radical (unpaired) electrons. The minimum atomic E-state index is -4.31. The van der Waals surface area contributed by atoms with E-state index < -0.39 is 32.4 Å². The van der Waals surface area contributed by atoms with Gasteiger partial charge in [0.15, 0.2) is 0 Å². The van der Waals surface area contributed by atoms with Crippen LogP contribution in [-0.4, -0.2) is 25.2 Å². The molecule has 0 aliphatic rings. The summed E-state index contributed by atoms with van der Waals surface area (Å²) in [6, 6.07) is 16.2. The molecule has 3 aromatic carbocycles. The molecule has 0 atom stereocenters. The summed E-state index contributed by atoms with van der Waals surface area (Å²) in [5.41, 5.74) is 6.34. The molecule has 0 bridgehead atoms. The Labute approximate surface area is 214 Å². The van der Waals surface area contributed by atoms with Gasteiger partial charge in [-0.25, -0.2) is 13.1 Å². The number of benzene rings is 3. The number of rotatable bonds is 11. The number of sulfonamides is 1. The molecule has 0 spiro atoms. The van der Waals surface area contributed by atoms with Crippen molar-refractivity contribution in [2.75, 3.05) is 16.4 Å². The summed E-state index contributed by atoms with van der Waals surface area (Å²) < 4.78 is 27.7. The number of nitrogen functional groups attached to an aromatic ring is 1. The van der Waals surface area contributed by atoms with Crippen molar-refractivity contribution in [1.82, 2.24) is 4.72 Å². The number of nitro groups is 1. The largest absolute Gasteiger partial charge is 0.397 e. The van der Waals surface area contributed by atoms with Crippen LogP contribution in [0.3, 0.4) is 0 Å². The van der Waals surface area contributed by atoms with E-state index in [9.17, 15) is 28.1 Å². The summed E-state index contributed by atoms with van der Waals surface area (Å²) in [7, 11) is -4.31. The highest BCUT2D eigenvalue weighted by molar-refractivity contribution is 7.90. The fraction of sp³-hybridized carbons (Fsp3) is 0.200. The molecule has 11 nitrogen and oxygen atoms in total. The number of para-hydroxylation sites is 3. The second-order valence-corrected chi connectivity index (χ2v) is 9.79. The van der Waals surface area contributed by atoms with Crippen LogP contribution in [0, 0.1) is 10.1 Å². The second kappa shape index (κ2) is 12.0. The summed E-state index contributed by atoms with van der Waals surface area (Å²) in [6.45, 7) is 1.96. The first kappa shape index (κ1) is 27.1. The lowest BCUT2D eigenvalue weighted by Gasteiger charge is -2.14. The van der Waals surface area contributed by atoms with Gasteiger partial charge in [0, 0.05) is 18.2 Å². The Hall–Kier alpha value is -4.45. The summed E-state index contributed by atoms with van der Waals surface area (Å²) >= 11 is 0. The zero-order valence-corrected chi connectivity index (χ0v) is 20.9. The van der Waals surface area contributed by atoms with Gasteiger partial charge < -0.3 is 16.4 Å². The van der Waals surface area contributed by atoms with E-state index in [0.717, 1.165) is 18.9 Å². The van der Waals surface area contributed by atoms with Gasteiger partial charge >= 0.3 is 0 Å². The fourth-order valence-electron chi connectivity index (χ4n) is 3.51. The van der Waals surface area contributed by atoms with Gasteiger partial charge in [0.1, 0.15) is 10.5 Å². The van der Waals surface area contributed by atoms with Crippen LogP contribution in [0.1, 0.15) is 43.0 Å². The molecule has 0 heterocycles. The van der Waals surface area contributed by atoms with E-state index in [0.29, 0.717) is 23.5 Å². The highest BCUT2D eigenvalue weighted by Crippen LogP contribution is 2.29. The highest BCUT2D eigenvalue weighted by atomic mass is 32.2. The lowest BCUT2D eigenvalue weighted by Crippen LogP contribution is -2.31. The van der Waals surface area contributed by atoms with Crippen molar-refractivity contribution < 1.29 is 22.9 Å². The van der Waals surface area contributed by atoms with E-state index in [1.807, 2.05) is 11.6 Å². The first-order chi connectivity index (χ1) is 17.6. The Morgan fingerprint density at radius 1 is 0.973 bits per heavy atom. The van der Waals surface area contributed by atoms with Crippen molar-refractivity contribution in [2.45, 2.75) is 37.5 Å². The summed E-state index contributed by atoms with van der Waals surface area (Å²) in [6.07, 6.45) is 2.23. The molecule has 0 saturated heterocycles. The lowest BCUT2D eigenvalue weighted by molar-refractivity contribution is -0.385. The average molecular weight is 526 g/mol. The topological polar surface area (TPSA) is 174 Å². The van der Waals surface area contributed by atoms with Gasteiger partial charge in [0.05, 0.1) is 22.0 Å². The van der Waals surface area contributed by atoms with Gasteiger partial charge in [-0.15, -0.1) is 0 Å². The zero-order chi connectivity index (χ0) is 27.0. The molecule has 5 N–H and O–H groups in total. The molecule has 3 aromatic rings. The van der Waals surface area contributed by atoms with Crippen molar-refractivity contribution in [3.63, 3.8) is 0 Å². The molecule has 3 rings (SSSR count). The number of nitro benzene ring substituents is 1. The third-order valence-corrected chi connectivity index (χ3v) is 6.79. The molecule has 0 aliphatic heterocycles. The first-order valence-electron chi connectivity index (χ1n) is 11.5. The van der Waals surface area contributed by atoms with Crippen LogP contribution in [-0.2, 0) is 14.8 Å². The molecule has 37 heavy (non-hydrogen) atoms. The number of nitrogens with zero attached hydrogens (tertiary/aromatic N) is 1. The van der Waals surface area contributed by atoms with Gasteiger partial charge in [-0.3, -0.25) is 19.7 Å². The first-order valence-corrected chi connectivity index (χ1v) is 13.0. The third kappa shape index (κ3) is 7.04. The van der Waals surface area contributed by atoms with Crippen LogP contribution in [0.5, 0.6) is 0 Å². The summed E-state index contributed by atoms with van der Waals surface area (Å²) in [5.74, 6) is -1.57. The van der Waals surface area contributed by atoms with E-state index in [4.69, 9.17) is 5.73 Å². The molecule has 194 valence electrons. The highest BCUT2D eigenvalue weighted by Gasteiger charge is 2.25. The van der Waals surface area contributed by atoms with Crippen LogP contribution >= 0.6 is 0 Å². The smallest absolute Gasteiger partial charge is 0.282 e. The quantitative estimate of drug-likeness (QED) is 0.122. The van der Waals surface area contributed by atoms with Crippen molar-refractivity contribution >= 4 is 50.3 Å². The second-order valence-electron chi connectivity index (χ2n) is 8.14. The monoisotopic (exact) mass is 525 g/mol. The van der Waals surface area contributed by atoms with Crippen LogP contribution in [0.2, 0.25) is 0 Å². The van der Waals surface area contributed by atoms with Gasteiger partial charge in [0.2, 0.25) is 5.91 Å². The number of nitrogens with two attached hydrogens (primary N) is 1. The van der Waals surface area contributed by atoms with Crippen molar-refractivity contribution in [3.05, 3.63) is 82.4 Å². The maximum atomic E-state index is 13.1. The van der Waals surface area contributed by atoms with Crippen LogP contribution in [0.15, 0.2) is 71.6 Å². The molecular formula is C25H27N5O6S. The fourth-order valence-corrected chi connectivity index (χ4v) is 4.68. The van der Waals surface area contributed by atoms with Crippen molar-refractivity contribution in [3.8, 4) is 0 Å². The van der Waals surface area contributed by atoms with E-state index >= 15 is 0 Å². The normalized spacial score (nSPS) is 10.9. The Bertz CT molecular complexity index is 1420. The molecule has 0 aliphatic carbocycles. The van der Waals surface area contributed by atoms with Crippen LogP contribution < -0.4 is 21.1 Å². The summed E-state index contributed by atoms with van der Waals surface area (Å²) in [5, 5.41) is 17.0.